The van der Waals surface area contributed by atoms with Crippen molar-refractivity contribution in [2.75, 3.05) is 18.1 Å². The first-order valence-corrected chi connectivity index (χ1v) is 14.2. The number of hydrogen-bond acceptors (Lipinski definition) is 17. The number of sulfone groups is 1. The topological polar surface area (TPSA) is 246 Å². The highest BCUT2D eigenvalue weighted by atomic mass is 32.2. The summed E-state index contributed by atoms with van der Waals surface area (Å²) in [5.74, 6) is -1.02. The van der Waals surface area contributed by atoms with Gasteiger partial charge in [0.05, 0.1) is 45.6 Å². The van der Waals surface area contributed by atoms with Gasteiger partial charge in [0.1, 0.15) is 10.6 Å². The van der Waals surface area contributed by atoms with Crippen LogP contribution in [0.15, 0.2) is 67.4 Å². The number of phenolic OH excluding ortho intramolecular Hbond substituents is 1. The number of fused-ring (bicyclic) bond motifs is 1. The number of rotatable bonds is 14. The molecule has 0 amide bonds. The van der Waals surface area contributed by atoms with E-state index in [1.54, 1.807) is 0 Å². The van der Waals surface area contributed by atoms with Gasteiger partial charge < -0.3 is 10.8 Å². The van der Waals surface area contributed by atoms with E-state index in [1.165, 1.54) is 30.3 Å². The molecule has 0 bridgehead atoms. The molecule has 3 rings (SSSR count). The van der Waals surface area contributed by atoms with Crippen LogP contribution < -0.4 is 5.73 Å². The summed E-state index contributed by atoms with van der Waals surface area (Å²) in [5.41, 5.74) is 1.48. The normalized spacial score (nSPS) is 12.8. The Morgan fingerprint density at radius 3 is 2.32 bits per heavy atom. The van der Waals surface area contributed by atoms with Gasteiger partial charge >= 0.3 is 0 Å². The number of anilines is 1. The predicted molar refractivity (Wildman–Crippen MR) is 132 cm³/mol. The molecule has 0 aromatic heterocycles. The number of nitrogens with two attached hydrogens (primary N) is 1. The van der Waals surface area contributed by atoms with E-state index in [9.17, 15) is 26.5 Å². The van der Waals surface area contributed by atoms with E-state index < -0.39 is 36.4 Å². The maximum atomic E-state index is 12.4. The maximum absolute atomic E-state index is 12.4. The summed E-state index contributed by atoms with van der Waals surface area (Å²) in [5, 5.41) is 41.8. The van der Waals surface area contributed by atoms with E-state index in [-0.39, 0.29) is 56.6 Å². The first-order valence-electron chi connectivity index (χ1n) is 10.2. The van der Waals surface area contributed by atoms with Gasteiger partial charge in [-0.25, -0.2) is 18.9 Å². The molecule has 206 valence electrons. The molecule has 6 N–H and O–H groups in total. The summed E-state index contributed by atoms with van der Waals surface area (Å²) in [6.45, 7) is -0.280. The highest BCUT2D eigenvalue weighted by Crippen LogP contribution is 2.46. The quantitative estimate of drug-likeness (QED) is 0.0328. The van der Waals surface area contributed by atoms with Crippen LogP contribution >= 0.6 is 24.4 Å². The first-order chi connectivity index (χ1) is 18.5. The molecule has 38 heavy (non-hydrogen) atoms. The summed E-state index contributed by atoms with van der Waals surface area (Å²) in [7, 11) is -8.64. The number of hydrogen-bond donors (Lipinski definition) is 5. The molecular formula is C18H17N3O13S4. The fraction of sp³-hybridized carbons (Fsp3) is 0.111. The second-order valence-corrected chi connectivity index (χ2v) is 11.6. The van der Waals surface area contributed by atoms with Crippen molar-refractivity contribution in [1.82, 2.24) is 0 Å². The van der Waals surface area contributed by atoms with Crippen LogP contribution in [0.5, 0.6) is 5.75 Å². The van der Waals surface area contributed by atoms with Gasteiger partial charge in [0.2, 0.25) is 0 Å². The lowest BCUT2D eigenvalue weighted by Crippen LogP contribution is -2.10. The van der Waals surface area contributed by atoms with E-state index in [0.717, 1.165) is 12.1 Å². The number of azo groups is 1. The maximum Gasteiger partial charge on any atom is 0.297 e. The SMILES string of the molecule is [2H]Nc1ccc2c(O)c(/N=N/c3ccc(S(=O)(=O)CCOSOOO)cc3)c(SOOO)cc2c1S(=O)(=O)O. The molecule has 0 aliphatic heterocycles. The number of benzene rings is 3. The average Bonchev–Trinajstić information content (AvgIpc) is 2.90. The lowest BCUT2D eigenvalue weighted by Gasteiger charge is -2.12. The lowest BCUT2D eigenvalue weighted by molar-refractivity contribution is -0.434. The summed E-state index contributed by atoms with van der Waals surface area (Å²) in [6.07, 6.45) is 0. The van der Waals surface area contributed by atoms with Crippen LogP contribution in [0.1, 0.15) is 0 Å². The molecule has 0 heterocycles. The van der Waals surface area contributed by atoms with E-state index in [0.29, 0.717) is 12.0 Å². The molecule has 20 heteroatoms. The minimum atomic E-state index is -4.88. The second-order valence-electron chi connectivity index (χ2n) is 6.86. The Morgan fingerprint density at radius 1 is 0.974 bits per heavy atom. The Hall–Kier alpha value is -2.60. The summed E-state index contributed by atoms with van der Waals surface area (Å²) >= 11 is 0.546. The Kier molecular flexibility index (Phi) is 9.69. The minimum absolute atomic E-state index is 0.0655. The zero-order valence-corrected chi connectivity index (χ0v) is 21.7. The zero-order chi connectivity index (χ0) is 28.6. The molecule has 0 aliphatic rings. The van der Waals surface area contributed by atoms with Gasteiger partial charge in [-0.05, 0) is 42.5 Å². The van der Waals surface area contributed by atoms with Crippen molar-refractivity contribution in [3.05, 3.63) is 42.5 Å². The van der Waals surface area contributed by atoms with Gasteiger partial charge in [0, 0.05) is 10.8 Å². The van der Waals surface area contributed by atoms with E-state index in [2.05, 4.69) is 29.0 Å². The third kappa shape index (κ3) is 7.28. The molecule has 0 fully saturated rings. The monoisotopic (exact) mass is 612 g/mol. The molecule has 3 aromatic rings. The van der Waals surface area contributed by atoms with E-state index in [4.69, 9.17) is 16.1 Å². The third-order valence-electron chi connectivity index (χ3n) is 4.60. The molecule has 0 unspecified atom stereocenters. The van der Waals surface area contributed by atoms with Gasteiger partial charge in [-0.2, -0.15) is 13.5 Å². The third-order valence-corrected chi connectivity index (χ3v) is 8.25. The van der Waals surface area contributed by atoms with Crippen molar-refractivity contribution in [1.29, 1.82) is 0 Å². The van der Waals surface area contributed by atoms with Crippen molar-refractivity contribution in [3.8, 4) is 5.75 Å². The summed E-state index contributed by atoms with van der Waals surface area (Å²) < 4.78 is 78.9. The highest BCUT2D eigenvalue weighted by molar-refractivity contribution is 7.94. The molecule has 0 saturated heterocycles. The van der Waals surface area contributed by atoms with Gasteiger partial charge in [0.25, 0.3) is 10.1 Å². The van der Waals surface area contributed by atoms with Crippen molar-refractivity contribution in [2.24, 2.45) is 10.2 Å². The Balaban J connectivity index is 1.96. The summed E-state index contributed by atoms with van der Waals surface area (Å²) in [6, 6.07) is 8.65. The van der Waals surface area contributed by atoms with Crippen molar-refractivity contribution in [3.63, 3.8) is 0 Å². The van der Waals surface area contributed by atoms with Crippen molar-refractivity contribution in [2.45, 2.75) is 14.7 Å². The molecule has 0 spiro atoms. The van der Waals surface area contributed by atoms with Crippen LogP contribution in [0.25, 0.3) is 10.8 Å². The average molecular weight is 613 g/mol. The lowest BCUT2D eigenvalue weighted by atomic mass is 10.1. The molecule has 0 saturated carbocycles. The van der Waals surface area contributed by atoms with Crippen LogP contribution in [0.4, 0.5) is 17.1 Å². The fourth-order valence-electron chi connectivity index (χ4n) is 3.04. The van der Waals surface area contributed by atoms with Gasteiger partial charge in [0.15, 0.2) is 29.3 Å². The summed E-state index contributed by atoms with van der Waals surface area (Å²) in [4.78, 5) is -0.905. The van der Waals surface area contributed by atoms with Crippen LogP contribution in [-0.4, -0.2) is 49.4 Å². The molecule has 0 atom stereocenters. The molecule has 0 aliphatic carbocycles. The Morgan fingerprint density at radius 2 is 1.68 bits per heavy atom. The molecule has 16 nitrogen and oxygen atoms in total. The van der Waals surface area contributed by atoms with Gasteiger partial charge in [-0.1, -0.05) is 10.1 Å². The standard InChI is InChI=1S/C18H17N3O13S4/c19-14-6-5-12-13(18(14)38(27,28)29)9-15(35-33-31-23)16(17(12)22)21-20-10-1-3-11(4-2-10)37(25,26)8-7-30-36-34-32-24/h1-6,9,22-24H,7-8,19H2,(H,27,28,29)/b21-20+/i/hD. The minimum Gasteiger partial charge on any atom is -0.505 e. The molecular weight excluding hydrogens is 594 g/mol. The second kappa shape index (κ2) is 13.0. The Bertz CT molecular complexity index is 1550. The van der Waals surface area contributed by atoms with Crippen molar-refractivity contribution < 1.29 is 61.3 Å². The fourth-order valence-corrected chi connectivity index (χ4v) is 5.73. The number of aromatic hydroxyl groups is 1. The Labute approximate surface area is 224 Å². The highest BCUT2D eigenvalue weighted by Gasteiger charge is 2.23. The van der Waals surface area contributed by atoms with Crippen LogP contribution in [0.3, 0.4) is 0 Å². The number of nitrogen functional groups attached to an aromatic ring is 1. The predicted octanol–water partition coefficient (Wildman–Crippen LogP) is 3.99. The van der Waals surface area contributed by atoms with E-state index >= 15 is 0 Å². The largest absolute Gasteiger partial charge is 0.505 e. The van der Waals surface area contributed by atoms with Crippen LogP contribution in [0.2, 0.25) is 1.41 Å². The number of nitrogens with zero attached hydrogens (tertiary/aromatic N) is 2. The molecule has 3 aromatic carbocycles. The van der Waals surface area contributed by atoms with Gasteiger partial charge in [-0.3, -0.25) is 8.74 Å². The van der Waals surface area contributed by atoms with Crippen LogP contribution in [0, 0.1) is 0 Å². The number of phenols is 1. The molecule has 0 radical (unpaired) electrons. The smallest absolute Gasteiger partial charge is 0.297 e. The zero-order valence-electron chi connectivity index (χ0n) is 19.4. The van der Waals surface area contributed by atoms with Gasteiger partial charge in [-0.15, -0.1) is 13.8 Å². The van der Waals surface area contributed by atoms with E-state index in [1.807, 2.05) is 5.73 Å². The van der Waals surface area contributed by atoms with Crippen molar-refractivity contribution >= 4 is 72.2 Å². The first kappa shape index (κ1) is 28.4. The van der Waals surface area contributed by atoms with Crippen LogP contribution in [-0.2, 0) is 42.9 Å².